The smallest absolute Gasteiger partial charge is 0.196 e. The molecule has 0 heterocycles. The summed E-state index contributed by atoms with van der Waals surface area (Å²) in [6, 6.07) is 1.80. The molecule has 2 N–H and O–H groups in total. The molecule has 1 aromatic carbocycles. The number of hydrogen-bond donors (Lipinski definition) is 2. The molecule has 2 aliphatic carbocycles. The van der Waals surface area contributed by atoms with E-state index < -0.39 is 23.1 Å². The zero-order valence-electron chi connectivity index (χ0n) is 11.8. The molecule has 0 radical (unpaired) electrons. The molecule has 0 aromatic heterocycles. The van der Waals surface area contributed by atoms with Gasteiger partial charge in [-0.2, -0.15) is 0 Å². The standard InChI is InChI=1S/C16H20F3NO/c17-11-7-8-12(15(19)14(11)18)20-13-6-3-5-10-4-1-2-9-16(10,13)21/h7-8,10,13,20-21H,1-6,9H2/t10-,13?,16-/m1/s1. The quantitative estimate of drug-likeness (QED) is 0.809. The number of hydrogen-bond acceptors (Lipinski definition) is 2. The van der Waals surface area contributed by atoms with Crippen LogP contribution in [0.1, 0.15) is 44.9 Å². The van der Waals surface area contributed by atoms with E-state index in [2.05, 4.69) is 5.32 Å². The summed E-state index contributed by atoms with van der Waals surface area (Å²) in [6.45, 7) is 0. The number of nitrogens with one attached hydrogen (secondary N) is 1. The summed E-state index contributed by atoms with van der Waals surface area (Å²) in [7, 11) is 0. The summed E-state index contributed by atoms with van der Waals surface area (Å²) in [5.74, 6) is -3.67. The van der Waals surface area contributed by atoms with Crippen LogP contribution in [0, 0.1) is 23.4 Å². The number of fused-ring (bicyclic) bond motifs is 1. The predicted octanol–water partition coefficient (Wildman–Crippen LogP) is 3.99. The summed E-state index contributed by atoms with van der Waals surface area (Å²) in [5.41, 5.74) is -0.938. The maximum absolute atomic E-state index is 13.8. The van der Waals surface area contributed by atoms with Gasteiger partial charge in [-0.15, -0.1) is 0 Å². The first-order valence-electron chi connectivity index (χ1n) is 7.65. The minimum Gasteiger partial charge on any atom is -0.387 e. The molecule has 0 bridgehead atoms. The third-order valence-corrected chi connectivity index (χ3v) is 5.10. The van der Waals surface area contributed by atoms with Gasteiger partial charge in [0.1, 0.15) is 0 Å². The highest BCUT2D eigenvalue weighted by Crippen LogP contribution is 2.45. The van der Waals surface area contributed by atoms with Crippen molar-refractivity contribution in [2.75, 3.05) is 5.32 Å². The summed E-state index contributed by atoms with van der Waals surface area (Å²) in [5, 5.41) is 13.9. The molecule has 2 fully saturated rings. The van der Waals surface area contributed by atoms with Crippen LogP contribution in [0.15, 0.2) is 12.1 Å². The summed E-state index contributed by atoms with van der Waals surface area (Å²) in [6.07, 6.45) is 6.37. The molecule has 0 aliphatic heterocycles. The number of aliphatic hydroxyl groups is 1. The highest BCUT2D eigenvalue weighted by Gasteiger charge is 2.47. The van der Waals surface area contributed by atoms with E-state index in [0.717, 1.165) is 38.2 Å². The zero-order chi connectivity index (χ0) is 15.0. The van der Waals surface area contributed by atoms with Gasteiger partial charge in [0.2, 0.25) is 0 Å². The van der Waals surface area contributed by atoms with E-state index in [-0.39, 0.29) is 17.6 Å². The molecule has 0 amide bonds. The molecule has 21 heavy (non-hydrogen) atoms. The Bertz CT molecular complexity index is 534. The van der Waals surface area contributed by atoms with Crippen molar-refractivity contribution in [1.82, 2.24) is 0 Å². The van der Waals surface area contributed by atoms with Crippen molar-refractivity contribution in [1.29, 1.82) is 0 Å². The Balaban J connectivity index is 1.85. The monoisotopic (exact) mass is 299 g/mol. The fourth-order valence-corrected chi connectivity index (χ4v) is 3.95. The first-order chi connectivity index (χ1) is 10.0. The van der Waals surface area contributed by atoms with Crippen LogP contribution >= 0.6 is 0 Å². The lowest BCUT2D eigenvalue weighted by Crippen LogP contribution is -2.56. The molecule has 116 valence electrons. The number of rotatable bonds is 2. The first kappa shape index (κ1) is 14.7. The molecular weight excluding hydrogens is 279 g/mol. The van der Waals surface area contributed by atoms with Crippen LogP contribution in [-0.4, -0.2) is 16.7 Å². The van der Waals surface area contributed by atoms with Crippen molar-refractivity contribution >= 4 is 5.69 Å². The summed E-state index contributed by atoms with van der Waals surface area (Å²) >= 11 is 0. The van der Waals surface area contributed by atoms with Gasteiger partial charge in [0, 0.05) is 0 Å². The Morgan fingerprint density at radius 1 is 1.00 bits per heavy atom. The van der Waals surface area contributed by atoms with Crippen LogP contribution in [0.4, 0.5) is 18.9 Å². The van der Waals surface area contributed by atoms with Gasteiger partial charge in [-0.1, -0.05) is 19.3 Å². The van der Waals surface area contributed by atoms with E-state index in [1.54, 1.807) is 0 Å². The maximum atomic E-state index is 13.8. The van der Waals surface area contributed by atoms with Gasteiger partial charge in [-0.05, 0) is 43.7 Å². The van der Waals surface area contributed by atoms with E-state index in [4.69, 9.17) is 0 Å². The number of halogens is 3. The van der Waals surface area contributed by atoms with Gasteiger partial charge in [0.15, 0.2) is 17.5 Å². The Hall–Kier alpha value is -1.23. The summed E-state index contributed by atoms with van der Waals surface area (Å²) in [4.78, 5) is 0. The minimum absolute atomic E-state index is 0.0708. The van der Waals surface area contributed by atoms with Crippen LogP contribution in [0.25, 0.3) is 0 Å². The molecule has 3 atom stereocenters. The average Bonchev–Trinajstić information content (AvgIpc) is 2.48. The lowest BCUT2D eigenvalue weighted by Gasteiger charge is -2.49. The Morgan fingerprint density at radius 3 is 2.57 bits per heavy atom. The molecule has 1 aromatic rings. The Labute approximate surface area is 122 Å². The molecule has 2 aliphatic rings. The highest BCUT2D eigenvalue weighted by molar-refractivity contribution is 5.47. The molecule has 0 saturated heterocycles. The topological polar surface area (TPSA) is 32.3 Å². The van der Waals surface area contributed by atoms with Crippen LogP contribution in [0.3, 0.4) is 0 Å². The summed E-state index contributed by atoms with van der Waals surface area (Å²) < 4.78 is 40.1. The zero-order valence-corrected chi connectivity index (χ0v) is 11.8. The molecule has 2 nitrogen and oxygen atoms in total. The SMILES string of the molecule is O[C@]12CCCC[C@@H]1CCCC2Nc1ccc(F)c(F)c1F. The molecule has 0 spiro atoms. The second kappa shape index (κ2) is 5.52. The van der Waals surface area contributed by atoms with Crippen molar-refractivity contribution in [3.8, 4) is 0 Å². The third-order valence-electron chi connectivity index (χ3n) is 5.10. The number of benzene rings is 1. The average molecular weight is 299 g/mol. The second-order valence-corrected chi connectivity index (χ2v) is 6.28. The van der Waals surface area contributed by atoms with E-state index in [0.29, 0.717) is 12.8 Å². The minimum atomic E-state index is -1.47. The van der Waals surface area contributed by atoms with Gasteiger partial charge in [0.05, 0.1) is 17.3 Å². The predicted molar refractivity (Wildman–Crippen MR) is 74.5 cm³/mol. The van der Waals surface area contributed by atoms with Crippen LogP contribution in [0.5, 0.6) is 0 Å². The van der Waals surface area contributed by atoms with Gasteiger partial charge < -0.3 is 10.4 Å². The molecule has 2 saturated carbocycles. The first-order valence-corrected chi connectivity index (χ1v) is 7.65. The highest BCUT2D eigenvalue weighted by atomic mass is 19.2. The fraction of sp³-hybridized carbons (Fsp3) is 0.625. The van der Waals surface area contributed by atoms with E-state index in [1.165, 1.54) is 6.07 Å². The Kier molecular flexibility index (Phi) is 3.86. The molecule has 5 heteroatoms. The van der Waals surface area contributed by atoms with E-state index >= 15 is 0 Å². The van der Waals surface area contributed by atoms with Crippen molar-refractivity contribution in [2.45, 2.75) is 56.6 Å². The maximum Gasteiger partial charge on any atom is 0.196 e. The van der Waals surface area contributed by atoms with Gasteiger partial charge in [-0.25, -0.2) is 13.2 Å². The van der Waals surface area contributed by atoms with Gasteiger partial charge >= 0.3 is 0 Å². The van der Waals surface area contributed by atoms with Crippen molar-refractivity contribution in [2.24, 2.45) is 5.92 Å². The van der Waals surface area contributed by atoms with Gasteiger partial charge in [-0.3, -0.25) is 0 Å². The normalized spacial score (nSPS) is 32.6. The second-order valence-electron chi connectivity index (χ2n) is 6.28. The van der Waals surface area contributed by atoms with E-state index in [1.807, 2.05) is 0 Å². The lowest BCUT2D eigenvalue weighted by molar-refractivity contribution is -0.0835. The molecular formula is C16H20F3NO. The van der Waals surface area contributed by atoms with Crippen molar-refractivity contribution in [3.05, 3.63) is 29.6 Å². The third kappa shape index (κ3) is 2.52. The Morgan fingerprint density at radius 2 is 1.76 bits per heavy atom. The van der Waals surface area contributed by atoms with Gasteiger partial charge in [0.25, 0.3) is 0 Å². The molecule has 1 unspecified atom stereocenters. The fourth-order valence-electron chi connectivity index (χ4n) is 3.95. The van der Waals surface area contributed by atoms with Crippen molar-refractivity contribution < 1.29 is 18.3 Å². The molecule has 3 rings (SSSR count). The van der Waals surface area contributed by atoms with Crippen LogP contribution in [0.2, 0.25) is 0 Å². The van der Waals surface area contributed by atoms with Crippen LogP contribution < -0.4 is 5.32 Å². The lowest BCUT2D eigenvalue weighted by atomic mass is 9.65. The largest absolute Gasteiger partial charge is 0.387 e. The van der Waals surface area contributed by atoms with Crippen LogP contribution in [-0.2, 0) is 0 Å². The van der Waals surface area contributed by atoms with Crippen molar-refractivity contribution in [3.63, 3.8) is 0 Å². The number of anilines is 1. The van der Waals surface area contributed by atoms with E-state index in [9.17, 15) is 18.3 Å².